The lowest BCUT2D eigenvalue weighted by Crippen LogP contribution is -2.35. The Bertz CT molecular complexity index is 1260. The molecule has 0 radical (unpaired) electrons. The maximum Gasteiger partial charge on any atom is 0.410 e. The second-order valence-electron chi connectivity index (χ2n) is 9.26. The van der Waals surface area contributed by atoms with E-state index in [9.17, 15) is 4.79 Å². The van der Waals surface area contributed by atoms with Crippen LogP contribution in [0.1, 0.15) is 44.4 Å². The minimum Gasteiger partial charge on any atom is -0.497 e. The van der Waals surface area contributed by atoms with Gasteiger partial charge >= 0.3 is 6.09 Å². The number of rotatable bonds is 3. The zero-order valence-electron chi connectivity index (χ0n) is 20.2. The molecule has 1 fully saturated rings. The van der Waals surface area contributed by atoms with Crippen molar-refractivity contribution in [3.05, 3.63) is 47.8 Å². The van der Waals surface area contributed by atoms with Crippen molar-refractivity contribution in [2.75, 3.05) is 33.0 Å². The maximum atomic E-state index is 12.5. The second kappa shape index (κ2) is 9.18. The molecule has 8 heteroatoms. The molecule has 0 bridgehead atoms. The van der Waals surface area contributed by atoms with E-state index in [-0.39, 0.29) is 12.1 Å². The smallest absolute Gasteiger partial charge is 0.410 e. The third kappa shape index (κ3) is 4.88. The molecule has 2 N–H and O–H groups in total. The molecule has 0 saturated carbocycles. The van der Waals surface area contributed by atoms with Crippen LogP contribution in [0.15, 0.2) is 36.7 Å². The number of nitrogen functional groups attached to an aromatic ring is 1. The molecule has 4 rings (SSSR count). The second-order valence-corrected chi connectivity index (χ2v) is 9.26. The first-order chi connectivity index (χ1) is 16.2. The molecule has 3 aromatic rings. The quantitative estimate of drug-likeness (QED) is 0.586. The predicted octanol–water partition coefficient (Wildman–Crippen LogP) is 4.22. The minimum atomic E-state index is -0.527. The van der Waals surface area contributed by atoms with Gasteiger partial charge in [-0.1, -0.05) is 11.8 Å². The van der Waals surface area contributed by atoms with E-state index in [0.717, 1.165) is 28.5 Å². The molecule has 1 aliphatic heterocycles. The lowest BCUT2D eigenvalue weighted by atomic mass is 10.1. The van der Waals surface area contributed by atoms with E-state index in [1.807, 2.05) is 45.2 Å². The highest BCUT2D eigenvalue weighted by molar-refractivity contribution is 5.95. The third-order valence-corrected chi connectivity index (χ3v) is 5.68. The Kier molecular flexibility index (Phi) is 6.29. The van der Waals surface area contributed by atoms with Crippen LogP contribution in [0.5, 0.6) is 11.5 Å². The van der Waals surface area contributed by atoms with E-state index in [0.29, 0.717) is 30.4 Å². The third-order valence-electron chi connectivity index (χ3n) is 5.68. The van der Waals surface area contributed by atoms with Gasteiger partial charge in [-0.15, -0.1) is 0 Å². The Morgan fingerprint density at radius 3 is 2.50 bits per heavy atom. The van der Waals surface area contributed by atoms with Crippen molar-refractivity contribution in [2.45, 2.75) is 38.8 Å². The summed E-state index contributed by atoms with van der Waals surface area (Å²) in [4.78, 5) is 18.6. The molecule has 1 saturated heterocycles. The molecular weight excluding hydrogens is 432 g/mol. The number of methoxy groups -OCH3 is 2. The fourth-order valence-electron chi connectivity index (χ4n) is 4.11. The first-order valence-corrected chi connectivity index (χ1v) is 11.2. The first kappa shape index (κ1) is 23.3. The summed E-state index contributed by atoms with van der Waals surface area (Å²) in [6.07, 6.45) is 4.21. The van der Waals surface area contributed by atoms with Gasteiger partial charge in [0.25, 0.3) is 0 Å². The van der Waals surface area contributed by atoms with Gasteiger partial charge in [0.1, 0.15) is 22.9 Å². The van der Waals surface area contributed by atoms with E-state index in [1.54, 1.807) is 31.4 Å². The molecule has 3 heterocycles. The average molecular weight is 463 g/mol. The molecule has 1 aromatic carbocycles. The molecule has 0 unspecified atom stereocenters. The maximum absolute atomic E-state index is 12.5. The summed E-state index contributed by atoms with van der Waals surface area (Å²) in [5, 5.41) is 0.806. The monoisotopic (exact) mass is 462 g/mol. The van der Waals surface area contributed by atoms with Gasteiger partial charge in [-0.05, 0) is 45.4 Å². The normalized spacial score (nSPS) is 15.7. The molecule has 8 nitrogen and oxygen atoms in total. The fourth-order valence-corrected chi connectivity index (χ4v) is 4.11. The first-order valence-electron chi connectivity index (χ1n) is 11.2. The minimum absolute atomic E-state index is 0.0873. The van der Waals surface area contributed by atoms with E-state index in [2.05, 4.69) is 21.4 Å². The Labute approximate surface area is 199 Å². The highest BCUT2D eigenvalue weighted by Gasteiger charge is 2.31. The van der Waals surface area contributed by atoms with Gasteiger partial charge < -0.3 is 29.4 Å². The molecule has 1 amide bonds. The average Bonchev–Trinajstić information content (AvgIpc) is 3.42. The topological polar surface area (TPSA) is 91.8 Å². The summed E-state index contributed by atoms with van der Waals surface area (Å²) in [6, 6.07) is 7.53. The number of nitrogens with two attached hydrogens (primary N) is 1. The molecule has 178 valence electrons. The highest BCUT2D eigenvalue weighted by Crippen LogP contribution is 2.32. The summed E-state index contributed by atoms with van der Waals surface area (Å²) in [5.74, 6) is 8.20. The molecule has 0 spiro atoms. The Hall–Kier alpha value is -3.86. The molecule has 1 aliphatic rings. The van der Waals surface area contributed by atoms with Gasteiger partial charge in [-0.3, -0.25) is 0 Å². The Balaban J connectivity index is 1.67. The number of benzene rings is 1. The van der Waals surface area contributed by atoms with Gasteiger partial charge in [-0.25, -0.2) is 9.78 Å². The van der Waals surface area contributed by atoms with Crippen molar-refractivity contribution in [1.29, 1.82) is 0 Å². The number of aromatic nitrogens is 2. The van der Waals surface area contributed by atoms with Crippen molar-refractivity contribution in [2.24, 2.45) is 0 Å². The Morgan fingerprint density at radius 2 is 1.85 bits per heavy atom. The number of carbonyl (C=O) groups excluding carboxylic acids is 1. The van der Waals surface area contributed by atoms with Crippen LogP contribution < -0.4 is 15.2 Å². The van der Waals surface area contributed by atoms with Gasteiger partial charge in [0.15, 0.2) is 0 Å². The van der Waals surface area contributed by atoms with Crippen molar-refractivity contribution < 1.29 is 19.0 Å². The van der Waals surface area contributed by atoms with Gasteiger partial charge in [0.2, 0.25) is 0 Å². The lowest BCUT2D eigenvalue weighted by molar-refractivity contribution is 0.0289. The summed E-state index contributed by atoms with van der Waals surface area (Å²) in [5.41, 5.74) is 8.21. The van der Waals surface area contributed by atoms with Crippen LogP contribution in [-0.4, -0.2) is 53.5 Å². The number of hydrogen-bond acceptors (Lipinski definition) is 6. The number of amides is 1. The van der Waals surface area contributed by atoms with Crippen LogP contribution in [0.2, 0.25) is 0 Å². The summed E-state index contributed by atoms with van der Waals surface area (Å²) in [6.45, 7) is 6.80. The molecule has 2 aromatic heterocycles. The van der Waals surface area contributed by atoms with Crippen molar-refractivity contribution in [3.63, 3.8) is 0 Å². The molecule has 0 aliphatic carbocycles. The van der Waals surface area contributed by atoms with Crippen LogP contribution in [0.3, 0.4) is 0 Å². The SMILES string of the molecule is COc1cc(C#Cc2cn([C@H]3CCN(C(=O)OC(C)(C)C)C3)c3ccnc(N)c23)cc(OC)c1. The largest absolute Gasteiger partial charge is 0.497 e. The fraction of sp³-hybridized carbons (Fsp3) is 0.385. The van der Waals surface area contributed by atoms with Gasteiger partial charge in [0, 0.05) is 37.1 Å². The molecule has 34 heavy (non-hydrogen) atoms. The van der Waals surface area contributed by atoms with E-state index < -0.39 is 5.60 Å². The van der Waals surface area contributed by atoms with Crippen LogP contribution in [0, 0.1) is 11.8 Å². The van der Waals surface area contributed by atoms with Gasteiger partial charge in [0.05, 0.1) is 36.7 Å². The predicted molar refractivity (Wildman–Crippen MR) is 131 cm³/mol. The number of fused-ring (bicyclic) bond motifs is 1. The van der Waals surface area contributed by atoms with Crippen molar-refractivity contribution >= 4 is 22.8 Å². The number of nitrogens with zero attached hydrogens (tertiary/aromatic N) is 3. The van der Waals surface area contributed by atoms with E-state index in [1.165, 1.54) is 0 Å². The number of anilines is 1. The summed E-state index contributed by atoms with van der Waals surface area (Å²) < 4.78 is 18.4. The van der Waals surface area contributed by atoms with Gasteiger partial charge in [-0.2, -0.15) is 0 Å². The van der Waals surface area contributed by atoms with Crippen LogP contribution >= 0.6 is 0 Å². The van der Waals surface area contributed by atoms with Crippen molar-refractivity contribution in [1.82, 2.24) is 14.5 Å². The number of hydrogen-bond donors (Lipinski definition) is 1. The zero-order valence-corrected chi connectivity index (χ0v) is 20.2. The van der Waals surface area contributed by atoms with E-state index >= 15 is 0 Å². The van der Waals surface area contributed by atoms with Crippen molar-refractivity contribution in [3.8, 4) is 23.3 Å². The molecule has 1 atom stereocenters. The highest BCUT2D eigenvalue weighted by atomic mass is 16.6. The number of ether oxygens (including phenoxy) is 3. The summed E-state index contributed by atoms with van der Waals surface area (Å²) in [7, 11) is 3.21. The molecular formula is C26H30N4O4. The number of pyridine rings is 1. The Morgan fingerprint density at radius 1 is 1.15 bits per heavy atom. The number of carbonyl (C=O) groups is 1. The summed E-state index contributed by atoms with van der Waals surface area (Å²) >= 11 is 0. The standard InChI is InChI=1S/C26H30N4O4/c1-26(2,3)34-25(31)29-11-9-19(16-29)30-15-18(23-22(30)8-10-28-24(23)27)7-6-17-12-20(32-4)14-21(13-17)33-5/h8,10,12-15,19H,9,11,16H2,1-5H3,(H2,27,28)/t19-/m0/s1. The lowest BCUT2D eigenvalue weighted by Gasteiger charge is -2.24. The van der Waals surface area contributed by atoms with Crippen LogP contribution in [-0.2, 0) is 4.74 Å². The van der Waals surface area contributed by atoms with Crippen LogP contribution in [0.25, 0.3) is 10.9 Å². The van der Waals surface area contributed by atoms with Crippen LogP contribution in [0.4, 0.5) is 10.6 Å². The van der Waals surface area contributed by atoms with E-state index in [4.69, 9.17) is 19.9 Å². The number of likely N-dealkylation sites (tertiary alicyclic amines) is 1. The zero-order chi connectivity index (χ0) is 24.5.